The third-order valence-electron chi connectivity index (χ3n) is 4.11. The second-order valence-electron chi connectivity index (χ2n) is 5.49. The highest BCUT2D eigenvalue weighted by Crippen LogP contribution is 2.35. The van der Waals surface area contributed by atoms with Gasteiger partial charge in [0, 0.05) is 6.07 Å². The molecule has 4 rings (SSSR count). The minimum absolute atomic E-state index is 0.341. The van der Waals surface area contributed by atoms with Crippen LogP contribution >= 0.6 is 0 Å². The Hall–Kier alpha value is -3.22. The van der Waals surface area contributed by atoms with Crippen LogP contribution in [0.2, 0.25) is 0 Å². The van der Waals surface area contributed by atoms with Crippen molar-refractivity contribution in [1.29, 1.82) is 0 Å². The summed E-state index contributed by atoms with van der Waals surface area (Å²) in [5, 5.41) is 9.54. The van der Waals surface area contributed by atoms with Crippen LogP contribution in [0.15, 0.2) is 64.9 Å². The van der Waals surface area contributed by atoms with Gasteiger partial charge in [0.25, 0.3) is 11.8 Å². The molecular formula is C17H14N4O3. The van der Waals surface area contributed by atoms with E-state index in [-0.39, 0.29) is 11.8 Å². The lowest BCUT2D eigenvalue weighted by molar-refractivity contribution is -0.121. The number of para-hydroxylation sites is 1. The SMILES string of the molecule is COc1cccc(N2C(=O)[C@@H]3[C@@H](N=NN3c3ccccc3)C2=O)c1. The Balaban J connectivity index is 1.70. The van der Waals surface area contributed by atoms with E-state index in [1.165, 1.54) is 12.1 Å². The van der Waals surface area contributed by atoms with Gasteiger partial charge in [-0.05, 0) is 24.3 Å². The molecule has 2 aromatic carbocycles. The number of nitrogens with zero attached hydrogens (tertiary/aromatic N) is 4. The summed E-state index contributed by atoms with van der Waals surface area (Å²) >= 11 is 0. The monoisotopic (exact) mass is 322 g/mol. The average Bonchev–Trinajstić information content (AvgIpc) is 3.16. The number of carbonyl (C=O) groups excluding carboxylic acids is 2. The Kier molecular flexibility index (Phi) is 3.26. The standard InChI is InChI=1S/C17H14N4O3/c1-24-13-9-5-8-12(10-13)20-16(22)14-15(17(20)23)21(19-18-14)11-6-3-2-4-7-11/h2-10,14-15H,1H3/t14-,15+/m1/s1. The summed E-state index contributed by atoms with van der Waals surface area (Å²) < 4.78 is 5.17. The Bertz CT molecular complexity index is 837. The van der Waals surface area contributed by atoms with Crippen LogP contribution in [0.4, 0.5) is 11.4 Å². The van der Waals surface area contributed by atoms with E-state index >= 15 is 0 Å². The number of anilines is 2. The van der Waals surface area contributed by atoms with Crippen molar-refractivity contribution in [1.82, 2.24) is 0 Å². The van der Waals surface area contributed by atoms with Gasteiger partial charge in [-0.15, -0.1) is 0 Å². The first-order valence-electron chi connectivity index (χ1n) is 7.47. The molecule has 1 fully saturated rings. The molecule has 0 bridgehead atoms. The largest absolute Gasteiger partial charge is 0.497 e. The van der Waals surface area contributed by atoms with Gasteiger partial charge < -0.3 is 4.74 Å². The number of ether oxygens (including phenoxy) is 1. The molecule has 2 heterocycles. The van der Waals surface area contributed by atoms with Crippen LogP contribution in [0, 0.1) is 0 Å². The van der Waals surface area contributed by atoms with Crippen LogP contribution < -0.4 is 14.6 Å². The fraction of sp³-hybridized carbons (Fsp3) is 0.176. The highest BCUT2D eigenvalue weighted by molar-refractivity contribution is 6.26. The molecule has 0 unspecified atom stereocenters. The van der Waals surface area contributed by atoms with Crippen LogP contribution in [0.5, 0.6) is 5.75 Å². The summed E-state index contributed by atoms with van der Waals surface area (Å²) in [4.78, 5) is 26.7. The first kappa shape index (κ1) is 14.4. The summed E-state index contributed by atoms with van der Waals surface area (Å²) in [6.45, 7) is 0. The van der Waals surface area contributed by atoms with E-state index in [1.54, 1.807) is 24.3 Å². The van der Waals surface area contributed by atoms with E-state index in [1.807, 2.05) is 30.3 Å². The molecule has 2 aliphatic rings. The molecule has 0 aromatic heterocycles. The molecule has 7 heteroatoms. The zero-order valence-corrected chi connectivity index (χ0v) is 12.9. The first-order chi connectivity index (χ1) is 11.7. The molecule has 2 aliphatic heterocycles. The number of amides is 2. The number of methoxy groups -OCH3 is 1. The summed E-state index contributed by atoms with van der Waals surface area (Å²) in [6, 6.07) is 14.5. The van der Waals surface area contributed by atoms with Crippen molar-refractivity contribution in [2.45, 2.75) is 12.1 Å². The average molecular weight is 322 g/mol. The maximum absolute atomic E-state index is 12.9. The van der Waals surface area contributed by atoms with Gasteiger partial charge in [-0.1, -0.05) is 29.5 Å². The molecule has 7 nitrogen and oxygen atoms in total. The zero-order chi connectivity index (χ0) is 16.7. The smallest absolute Gasteiger partial charge is 0.263 e. The van der Waals surface area contributed by atoms with Gasteiger partial charge in [0.1, 0.15) is 5.75 Å². The van der Waals surface area contributed by atoms with Gasteiger partial charge in [0.05, 0.1) is 18.5 Å². The first-order valence-corrected chi connectivity index (χ1v) is 7.47. The lowest BCUT2D eigenvalue weighted by Gasteiger charge is -2.20. The summed E-state index contributed by atoms with van der Waals surface area (Å²) in [5.74, 6) is -0.140. The topological polar surface area (TPSA) is 74.6 Å². The third kappa shape index (κ3) is 2.05. The maximum Gasteiger partial charge on any atom is 0.263 e. The molecule has 0 radical (unpaired) electrons. The van der Waals surface area contributed by atoms with Crippen molar-refractivity contribution >= 4 is 23.2 Å². The van der Waals surface area contributed by atoms with Gasteiger partial charge in [-0.2, -0.15) is 5.11 Å². The predicted molar refractivity (Wildman–Crippen MR) is 86.8 cm³/mol. The Morgan fingerprint density at radius 2 is 1.71 bits per heavy atom. The molecule has 2 amide bonds. The number of rotatable bonds is 3. The lowest BCUT2D eigenvalue weighted by atomic mass is 10.1. The highest BCUT2D eigenvalue weighted by atomic mass is 16.5. The number of imide groups is 1. The van der Waals surface area contributed by atoms with E-state index in [0.29, 0.717) is 11.4 Å². The Morgan fingerprint density at radius 1 is 0.958 bits per heavy atom. The van der Waals surface area contributed by atoms with Crippen LogP contribution in [-0.4, -0.2) is 31.0 Å². The van der Waals surface area contributed by atoms with Gasteiger partial charge in [-0.25, -0.2) is 9.91 Å². The highest BCUT2D eigenvalue weighted by Gasteiger charge is 2.55. The van der Waals surface area contributed by atoms with Gasteiger partial charge >= 0.3 is 0 Å². The summed E-state index contributed by atoms with van der Waals surface area (Å²) in [7, 11) is 1.53. The summed E-state index contributed by atoms with van der Waals surface area (Å²) in [5.41, 5.74) is 1.20. The van der Waals surface area contributed by atoms with Crippen LogP contribution in [-0.2, 0) is 9.59 Å². The van der Waals surface area contributed by atoms with Gasteiger partial charge in [0.15, 0.2) is 12.1 Å². The van der Waals surface area contributed by atoms with E-state index in [2.05, 4.69) is 10.3 Å². The molecule has 120 valence electrons. The minimum atomic E-state index is -0.816. The van der Waals surface area contributed by atoms with E-state index in [9.17, 15) is 9.59 Å². The molecule has 0 aliphatic carbocycles. The number of hydrogen-bond donors (Lipinski definition) is 0. The molecule has 0 saturated carbocycles. The van der Waals surface area contributed by atoms with Crippen molar-refractivity contribution < 1.29 is 14.3 Å². The number of fused-ring (bicyclic) bond motifs is 1. The minimum Gasteiger partial charge on any atom is -0.497 e. The normalized spacial score (nSPS) is 22.2. The number of benzene rings is 2. The summed E-state index contributed by atoms with van der Waals surface area (Å²) in [6.07, 6.45) is 0. The predicted octanol–water partition coefficient (Wildman–Crippen LogP) is 2.19. The van der Waals surface area contributed by atoms with Gasteiger partial charge in [-0.3, -0.25) is 9.59 Å². The maximum atomic E-state index is 12.9. The van der Waals surface area contributed by atoms with Crippen molar-refractivity contribution in [3.05, 3.63) is 54.6 Å². The van der Waals surface area contributed by atoms with Crippen LogP contribution in [0.25, 0.3) is 0 Å². The second kappa shape index (κ2) is 5.45. The fourth-order valence-corrected chi connectivity index (χ4v) is 2.96. The quantitative estimate of drug-likeness (QED) is 0.812. The molecule has 2 atom stereocenters. The molecule has 1 saturated heterocycles. The van der Waals surface area contributed by atoms with E-state index < -0.39 is 12.1 Å². The van der Waals surface area contributed by atoms with Crippen LogP contribution in [0.1, 0.15) is 0 Å². The number of carbonyl (C=O) groups is 2. The Labute approximate surface area is 138 Å². The van der Waals surface area contributed by atoms with Crippen molar-refractivity contribution in [2.75, 3.05) is 17.0 Å². The molecule has 0 spiro atoms. The molecule has 0 N–H and O–H groups in total. The van der Waals surface area contributed by atoms with E-state index in [4.69, 9.17) is 4.74 Å². The van der Waals surface area contributed by atoms with Crippen molar-refractivity contribution in [3.8, 4) is 5.75 Å². The fourth-order valence-electron chi connectivity index (χ4n) is 2.96. The van der Waals surface area contributed by atoms with Crippen molar-refractivity contribution in [2.24, 2.45) is 10.3 Å². The van der Waals surface area contributed by atoms with E-state index in [0.717, 1.165) is 10.6 Å². The zero-order valence-electron chi connectivity index (χ0n) is 12.9. The molecular weight excluding hydrogens is 308 g/mol. The molecule has 2 aromatic rings. The lowest BCUT2D eigenvalue weighted by Crippen LogP contribution is -2.39. The van der Waals surface area contributed by atoms with Gasteiger partial charge in [0.2, 0.25) is 0 Å². The second-order valence-corrected chi connectivity index (χ2v) is 5.49. The number of hydrogen-bond acceptors (Lipinski definition) is 6. The van der Waals surface area contributed by atoms with Crippen molar-refractivity contribution in [3.63, 3.8) is 0 Å². The third-order valence-corrected chi connectivity index (χ3v) is 4.11. The molecule has 24 heavy (non-hydrogen) atoms. The Morgan fingerprint density at radius 3 is 2.46 bits per heavy atom. The van der Waals surface area contributed by atoms with Crippen LogP contribution in [0.3, 0.4) is 0 Å².